The summed E-state index contributed by atoms with van der Waals surface area (Å²) in [6, 6.07) is 0. The molecule has 6 unspecified atom stereocenters. The standard InChI is InChI=1S/C67H106N12O12/c1-62-20-14-47(80)36-45(62)10-12-49-51(62)16-22-64(3)53(49)18-24-66(64,87)55-39-78(72-70-55)28-8-26-69-38-58(83)76(31-34-90-6)43-59(84)74(42-61(86)77(32-35-91-7)44-60(85)75(30-33-89-5)41-57(68)82)27-9-29-79-40-56(71-73-79)67(88)25-19-54-50-13-11-46-37-48(81)15-21-63(46,2)52(50)17-23-65(54,67)4/h36-37,39-40,49-54,69-73,87-88H,8-35,38,41-44H2,1-7H3,(H2,68,82)/t49?,50?,51?,52?,53?,54?,62-,63-,64-,65-,66+,67+/m0/s1. The Kier molecular flexibility index (Phi) is 21.2. The number of ether oxygens (including phenoxy) is 3. The number of nitrogens with one attached hydrogen (secondary N) is 5. The fourth-order valence-electron chi connectivity index (χ4n) is 19.3. The molecule has 506 valence electrons. The highest BCUT2D eigenvalue weighted by molar-refractivity contribution is 5.93. The molecule has 2 aliphatic heterocycles. The van der Waals surface area contributed by atoms with Crippen molar-refractivity contribution in [1.82, 2.24) is 56.9 Å². The van der Waals surface area contributed by atoms with Crippen LogP contribution in [0.3, 0.4) is 0 Å². The number of ketones is 2. The number of methoxy groups -OCH3 is 3. The van der Waals surface area contributed by atoms with Gasteiger partial charge in [0.1, 0.15) is 11.2 Å². The second-order valence-electron chi connectivity index (χ2n) is 29.2. The average molecular weight is 1270 g/mol. The zero-order valence-electron chi connectivity index (χ0n) is 55.3. The summed E-state index contributed by atoms with van der Waals surface area (Å²) in [6.07, 6.45) is 22.8. The van der Waals surface area contributed by atoms with Gasteiger partial charge in [-0.15, -0.1) is 11.1 Å². The zero-order valence-corrected chi connectivity index (χ0v) is 55.3. The van der Waals surface area contributed by atoms with E-state index in [0.717, 1.165) is 82.7 Å². The lowest BCUT2D eigenvalue weighted by Crippen LogP contribution is -2.56. The minimum Gasteiger partial charge on any atom is -0.383 e. The molecular formula is C67H106N12O12. The van der Waals surface area contributed by atoms with E-state index >= 15 is 0 Å². The molecule has 91 heavy (non-hydrogen) atoms. The molecule has 12 atom stereocenters. The Morgan fingerprint density at radius 2 is 0.956 bits per heavy atom. The first-order valence-corrected chi connectivity index (χ1v) is 34.0. The van der Waals surface area contributed by atoms with Crippen LogP contribution in [0.5, 0.6) is 0 Å². The summed E-state index contributed by atoms with van der Waals surface area (Å²) in [4.78, 5) is 99.2. The molecule has 0 aromatic carbocycles. The highest BCUT2D eigenvalue weighted by Gasteiger charge is 2.67. The summed E-state index contributed by atoms with van der Waals surface area (Å²) in [7, 11) is 4.46. The van der Waals surface area contributed by atoms with Gasteiger partial charge in [0.25, 0.3) is 0 Å². The maximum atomic E-state index is 14.7. The molecule has 10 aliphatic rings. The van der Waals surface area contributed by atoms with Crippen molar-refractivity contribution < 1.29 is 58.0 Å². The van der Waals surface area contributed by atoms with Crippen LogP contribution in [0.2, 0.25) is 0 Å². The van der Waals surface area contributed by atoms with Crippen LogP contribution in [-0.2, 0) is 47.8 Å². The van der Waals surface area contributed by atoms with Crippen molar-refractivity contribution >= 4 is 41.1 Å². The van der Waals surface area contributed by atoms with E-state index in [-0.39, 0.29) is 105 Å². The van der Waals surface area contributed by atoms with Gasteiger partial charge in [-0.2, -0.15) is 0 Å². The number of amides is 5. The second kappa shape index (κ2) is 28.2. The van der Waals surface area contributed by atoms with Gasteiger partial charge in [0.15, 0.2) is 11.6 Å². The lowest BCUT2D eigenvalue weighted by atomic mass is 9.46. The van der Waals surface area contributed by atoms with Crippen molar-refractivity contribution in [2.24, 2.45) is 62.9 Å². The van der Waals surface area contributed by atoms with Gasteiger partial charge in [-0.05, 0) is 168 Å². The Morgan fingerprint density at radius 1 is 0.549 bits per heavy atom. The van der Waals surface area contributed by atoms with Crippen LogP contribution in [-0.4, -0.2) is 212 Å². The van der Waals surface area contributed by atoms with Crippen molar-refractivity contribution in [3.8, 4) is 0 Å². The lowest BCUT2D eigenvalue weighted by Gasteiger charge is -2.59. The van der Waals surface area contributed by atoms with Crippen LogP contribution in [0, 0.1) is 57.2 Å². The van der Waals surface area contributed by atoms with E-state index in [2.05, 4.69) is 54.9 Å². The third-order valence-corrected chi connectivity index (χ3v) is 24.6. The van der Waals surface area contributed by atoms with Crippen molar-refractivity contribution in [3.05, 3.63) is 47.1 Å². The number of hydrogen-bond acceptors (Lipinski definition) is 19. The molecule has 0 aromatic rings. The van der Waals surface area contributed by atoms with Gasteiger partial charge in [0.2, 0.25) is 29.5 Å². The molecule has 6 saturated carbocycles. The van der Waals surface area contributed by atoms with E-state index in [9.17, 15) is 43.8 Å². The Hall–Kier alpha value is -5.47. The van der Waals surface area contributed by atoms with E-state index in [1.807, 2.05) is 34.6 Å². The topological polar surface area (TPSA) is 293 Å². The monoisotopic (exact) mass is 1270 g/mol. The Morgan fingerprint density at radius 3 is 1.40 bits per heavy atom. The molecule has 24 nitrogen and oxygen atoms in total. The van der Waals surface area contributed by atoms with Crippen LogP contribution in [0.25, 0.3) is 0 Å². The van der Waals surface area contributed by atoms with Gasteiger partial charge < -0.3 is 65.9 Å². The van der Waals surface area contributed by atoms with Gasteiger partial charge >= 0.3 is 0 Å². The predicted molar refractivity (Wildman–Crippen MR) is 339 cm³/mol. The summed E-state index contributed by atoms with van der Waals surface area (Å²) >= 11 is 0. The number of rotatable bonds is 29. The molecule has 10 rings (SSSR count). The molecular weight excluding hydrogens is 1160 g/mol. The van der Waals surface area contributed by atoms with E-state index in [1.54, 1.807) is 0 Å². The number of nitrogens with zero attached hydrogens (tertiary/aromatic N) is 6. The molecule has 0 bridgehead atoms. The molecule has 0 spiro atoms. The van der Waals surface area contributed by atoms with Crippen molar-refractivity contribution in [2.75, 3.05) is 120 Å². The first kappa shape index (κ1) is 68.4. The lowest BCUT2D eigenvalue weighted by molar-refractivity contribution is -0.147. The third kappa shape index (κ3) is 13.5. The molecule has 9 N–H and O–H groups in total. The summed E-state index contributed by atoms with van der Waals surface area (Å²) < 4.78 is 15.9. The first-order valence-electron chi connectivity index (χ1n) is 34.0. The second-order valence-corrected chi connectivity index (χ2v) is 29.2. The number of fused-ring (bicyclic) bond motifs is 10. The fourth-order valence-corrected chi connectivity index (χ4v) is 19.3. The summed E-state index contributed by atoms with van der Waals surface area (Å²) in [5, 5.41) is 32.6. The molecule has 0 radical (unpaired) electrons. The summed E-state index contributed by atoms with van der Waals surface area (Å²) in [5.74, 6) is 0.559. The number of primary amides is 1. The van der Waals surface area contributed by atoms with Crippen LogP contribution < -0.4 is 33.0 Å². The number of nitrogens with two attached hydrogens (primary N) is 1. The third-order valence-electron chi connectivity index (χ3n) is 24.6. The van der Waals surface area contributed by atoms with Crippen LogP contribution in [0.15, 0.2) is 47.1 Å². The Balaban J connectivity index is 0.761. The average Bonchev–Trinajstić information content (AvgIpc) is 1.64. The Labute approximate surface area is 538 Å². The highest BCUT2D eigenvalue weighted by Crippen LogP contribution is 2.70. The number of carbonyl (C=O) groups excluding carboxylic acids is 7. The van der Waals surface area contributed by atoms with Gasteiger partial charge in [-0.25, -0.2) is 0 Å². The number of hydrogen-bond donors (Lipinski definition) is 8. The van der Waals surface area contributed by atoms with E-state index in [0.29, 0.717) is 99.4 Å². The number of allylic oxidation sites excluding steroid dienone is 2. The maximum Gasteiger partial charge on any atom is 0.242 e. The predicted octanol–water partition coefficient (Wildman–Crippen LogP) is 2.95. The van der Waals surface area contributed by atoms with Crippen molar-refractivity contribution in [1.29, 1.82) is 0 Å². The number of carbonyl (C=O) groups is 7. The van der Waals surface area contributed by atoms with Gasteiger partial charge in [-0.1, -0.05) is 38.8 Å². The zero-order chi connectivity index (χ0) is 65.1. The quantitative estimate of drug-likeness (QED) is 0.0500. The molecule has 0 saturated heterocycles. The van der Waals surface area contributed by atoms with E-state index in [1.165, 1.54) is 52.1 Å². The smallest absolute Gasteiger partial charge is 0.242 e. The highest BCUT2D eigenvalue weighted by atomic mass is 16.5. The van der Waals surface area contributed by atoms with Crippen molar-refractivity contribution in [3.63, 3.8) is 0 Å². The van der Waals surface area contributed by atoms with Gasteiger partial charge in [0.05, 0.1) is 63.9 Å². The largest absolute Gasteiger partial charge is 0.383 e. The van der Waals surface area contributed by atoms with E-state index < -0.39 is 47.9 Å². The molecule has 0 aromatic heterocycles. The number of hydrazine groups is 4. The van der Waals surface area contributed by atoms with Crippen LogP contribution in [0.4, 0.5) is 0 Å². The Bertz CT molecular complexity index is 2870. The van der Waals surface area contributed by atoms with Crippen molar-refractivity contribution in [2.45, 2.75) is 154 Å². The number of aliphatic hydroxyl groups is 2. The van der Waals surface area contributed by atoms with Crippen LogP contribution in [0.1, 0.15) is 143 Å². The van der Waals surface area contributed by atoms with Gasteiger partial charge in [-0.3, -0.25) is 43.6 Å². The molecule has 5 amide bonds. The molecule has 2 heterocycles. The summed E-state index contributed by atoms with van der Waals surface area (Å²) in [6.45, 7) is 9.73. The normalized spacial score (nSPS) is 33.8. The molecule has 8 aliphatic carbocycles. The minimum atomic E-state index is -1.12. The van der Waals surface area contributed by atoms with E-state index in [4.69, 9.17) is 19.9 Å². The fraction of sp³-hybridized carbons (Fsp3) is 0.776. The summed E-state index contributed by atoms with van der Waals surface area (Å²) in [5.41, 5.74) is 20.1. The SMILES string of the molecule is COCCN(CC(N)=O)C(=O)CN(CCOC)C(=O)CN(CCCN1C=C([C@]2(O)CCC3C4CCC5=CC(=O)CC[C@]5(C)C4CC[C@@]32C)NN1)C(=O)CN(CCOC)C(=O)CNCCCN1C=C([C@]2(O)CCC3C4CCC5=CC(=O)CC[C@]5(C)C4CC[C@@]32C)NN1. The maximum absolute atomic E-state index is 14.7. The van der Waals surface area contributed by atoms with Crippen LogP contribution >= 0.6 is 0 Å². The van der Waals surface area contributed by atoms with Gasteiger partial charge in [0, 0.05) is 96.7 Å². The molecule has 24 heteroatoms. The minimum absolute atomic E-state index is 0.0105. The molecule has 6 fully saturated rings. The first-order chi connectivity index (χ1) is 43.4.